The van der Waals surface area contributed by atoms with Gasteiger partial charge in [0.2, 0.25) is 0 Å². The van der Waals surface area contributed by atoms with Gasteiger partial charge in [-0.3, -0.25) is 0 Å². The zero-order valence-electron chi connectivity index (χ0n) is 9.64. The molecule has 2 heteroatoms. The molecule has 1 aliphatic heterocycles. The molecule has 0 spiro atoms. The van der Waals surface area contributed by atoms with Crippen LogP contribution in [-0.2, 0) is 0 Å². The van der Waals surface area contributed by atoms with E-state index in [1.165, 1.54) is 45.3 Å². The molecule has 1 rings (SSSR count). The Hall–Kier alpha value is 0.440. The van der Waals surface area contributed by atoms with Crippen LogP contribution in [0.3, 0.4) is 0 Å². The first-order valence-corrected chi connectivity index (χ1v) is 7.16. The van der Waals surface area contributed by atoms with Crippen molar-refractivity contribution in [1.82, 2.24) is 4.90 Å². The van der Waals surface area contributed by atoms with Gasteiger partial charge in [0.15, 0.2) is 0 Å². The standard InChI is InChI=1S/C12H24BrN/c1-3-12-5-4-7-14(8-6-12)10-11(2)9-13/h11-12H,3-10H2,1-2H3. The molecule has 0 bridgehead atoms. The predicted molar refractivity (Wildman–Crippen MR) is 67.0 cm³/mol. The molecule has 1 nitrogen and oxygen atoms in total. The van der Waals surface area contributed by atoms with Crippen LogP contribution in [0.2, 0.25) is 0 Å². The molecule has 0 N–H and O–H groups in total. The largest absolute Gasteiger partial charge is 0.303 e. The van der Waals surface area contributed by atoms with Crippen LogP contribution in [0.15, 0.2) is 0 Å². The highest BCUT2D eigenvalue weighted by Gasteiger charge is 2.16. The molecule has 1 saturated heterocycles. The molecular formula is C12H24BrN. The normalized spacial score (nSPS) is 27.2. The SMILES string of the molecule is CCC1CCCN(CC(C)CBr)CC1. The number of nitrogens with zero attached hydrogens (tertiary/aromatic N) is 1. The first kappa shape index (κ1) is 12.5. The summed E-state index contributed by atoms with van der Waals surface area (Å²) in [5.41, 5.74) is 0. The van der Waals surface area contributed by atoms with E-state index in [1.54, 1.807) is 0 Å². The van der Waals surface area contributed by atoms with Crippen molar-refractivity contribution in [2.75, 3.05) is 25.0 Å². The summed E-state index contributed by atoms with van der Waals surface area (Å²) in [6, 6.07) is 0. The van der Waals surface area contributed by atoms with Crippen LogP contribution >= 0.6 is 15.9 Å². The minimum atomic E-state index is 0.799. The summed E-state index contributed by atoms with van der Waals surface area (Å²) in [5.74, 6) is 1.80. The smallest absolute Gasteiger partial charge is 0.00692 e. The third-order valence-electron chi connectivity index (χ3n) is 3.35. The Morgan fingerprint density at radius 3 is 2.79 bits per heavy atom. The van der Waals surface area contributed by atoms with Crippen LogP contribution in [0.4, 0.5) is 0 Å². The van der Waals surface area contributed by atoms with Crippen molar-refractivity contribution in [3.63, 3.8) is 0 Å². The molecule has 0 amide bonds. The summed E-state index contributed by atoms with van der Waals surface area (Å²) >= 11 is 3.56. The number of alkyl halides is 1. The van der Waals surface area contributed by atoms with Gasteiger partial charge in [0.1, 0.15) is 0 Å². The van der Waals surface area contributed by atoms with Crippen LogP contribution in [0.1, 0.15) is 39.5 Å². The van der Waals surface area contributed by atoms with Crippen molar-refractivity contribution in [2.45, 2.75) is 39.5 Å². The van der Waals surface area contributed by atoms with Gasteiger partial charge in [-0.1, -0.05) is 36.2 Å². The molecule has 0 radical (unpaired) electrons. The molecule has 0 aromatic rings. The summed E-state index contributed by atoms with van der Waals surface area (Å²) in [5, 5.41) is 1.14. The Labute approximate surface area is 97.4 Å². The summed E-state index contributed by atoms with van der Waals surface area (Å²) in [4.78, 5) is 2.65. The molecule has 0 aromatic heterocycles. The van der Waals surface area contributed by atoms with E-state index in [9.17, 15) is 0 Å². The Bertz CT molecular complexity index is 149. The first-order valence-electron chi connectivity index (χ1n) is 6.04. The van der Waals surface area contributed by atoms with E-state index in [4.69, 9.17) is 0 Å². The minimum Gasteiger partial charge on any atom is -0.303 e. The lowest BCUT2D eigenvalue weighted by Gasteiger charge is -2.22. The Kier molecular flexibility index (Phi) is 6.11. The second kappa shape index (κ2) is 6.84. The highest BCUT2D eigenvalue weighted by atomic mass is 79.9. The van der Waals surface area contributed by atoms with Gasteiger partial charge in [-0.2, -0.15) is 0 Å². The van der Waals surface area contributed by atoms with Gasteiger partial charge in [-0.15, -0.1) is 0 Å². The number of likely N-dealkylation sites (tertiary alicyclic amines) is 1. The summed E-state index contributed by atoms with van der Waals surface area (Å²) < 4.78 is 0. The topological polar surface area (TPSA) is 3.24 Å². The van der Waals surface area contributed by atoms with Crippen molar-refractivity contribution >= 4 is 15.9 Å². The van der Waals surface area contributed by atoms with Crippen molar-refractivity contribution < 1.29 is 0 Å². The fourth-order valence-electron chi connectivity index (χ4n) is 2.31. The lowest BCUT2D eigenvalue weighted by molar-refractivity contribution is 0.252. The van der Waals surface area contributed by atoms with Crippen LogP contribution in [0.25, 0.3) is 0 Å². The maximum absolute atomic E-state index is 3.56. The third kappa shape index (κ3) is 4.31. The molecule has 84 valence electrons. The van der Waals surface area contributed by atoms with Crippen molar-refractivity contribution in [3.8, 4) is 0 Å². The van der Waals surface area contributed by atoms with Crippen LogP contribution in [-0.4, -0.2) is 29.9 Å². The summed E-state index contributed by atoms with van der Waals surface area (Å²) in [7, 11) is 0. The quantitative estimate of drug-likeness (QED) is 0.700. The van der Waals surface area contributed by atoms with Crippen LogP contribution in [0, 0.1) is 11.8 Å². The zero-order valence-corrected chi connectivity index (χ0v) is 11.2. The molecule has 0 saturated carbocycles. The lowest BCUT2D eigenvalue weighted by Crippen LogP contribution is -2.30. The van der Waals surface area contributed by atoms with Crippen LogP contribution in [0.5, 0.6) is 0 Å². The van der Waals surface area contributed by atoms with E-state index in [-0.39, 0.29) is 0 Å². The zero-order chi connectivity index (χ0) is 10.4. The van der Waals surface area contributed by atoms with E-state index >= 15 is 0 Å². The third-order valence-corrected chi connectivity index (χ3v) is 4.46. The average Bonchev–Trinajstić information content (AvgIpc) is 2.43. The van der Waals surface area contributed by atoms with E-state index < -0.39 is 0 Å². The summed E-state index contributed by atoms with van der Waals surface area (Å²) in [6.07, 6.45) is 5.66. The van der Waals surface area contributed by atoms with Gasteiger partial charge in [0.25, 0.3) is 0 Å². The second-order valence-electron chi connectivity index (χ2n) is 4.77. The molecule has 0 aliphatic carbocycles. The molecule has 1 fully saturated rings. The molecule has 1 heterocycles. The van der Waals surface area contributed by atoms with Gasteiger partial charge < -0.3 is 4.90 Å². The van der Waals surface area contributed by atoms with Crippen molar-refractivity contribution in [1.29, 1.82) is 0 Å². The van der Waals surface area contributed by atoms with Gasteiger partial charge >= 0.3 is 0 Å². The van der Waals surface area contributed by atoms with Gasteiger partial charge in [0, 0.05) is 11.9 Å². The van der Waals surface area contributed by atoms with E-state index in [0.29, 0.717) is 0 Å². The second-order valence-corrected chi connectivity index (χ2v) is 5.41. The lowest BCUT2D eigenvalue weighted by atomic mass is 9.98. The number of hydrogen-bond donors (Lipinski definition) is 0. The van der Waals surface area contributed by atoms with E-state index in [1.807, 2.05) is 0 Å². The number of rotatable bonds is 4. The maximum atomic E-state index is 3.56. The summed E-state index contributed by atoms with van der Waals surface area (Å²) in [6.45, 7) is 8.60. The predicted octanol–water partition coefficient (Wildman–Crippen LogP) is 3.53. The highest BCUT2D eigenvalue weighted by molar-refractivity contribution is 9.09. The van der Waals surface area contributed by atoms with Crippen molar-refractivity contribution in [2.24, 2.45) is 11.8 Å². The fourth-order valence-corrected chi connectivity index (χ4v) is 2.51. The van der Waals surface area contributed by atoms with Gasteiger partial charge in [0.05, 0.1) is 0 Å². The molecule has 2 atom stereocenters. The molecule has 1 aliphatic rings. The fraction of sp³-hybridized carbons (Fsp3) is 1.00. The Balaban J connectivity index is 2.27. The maximum Gasteiger partial charge on any atom is 0.00692 e. The van der Waals surface area contributed by atoms with Gasteiger partial charge in [-0.25, -0.2) is 0 Å². The molecule has 2 unspecified atom stereocenters. The van der Waals surface area contributed by atoms with E-state index in [2.05, 4.69) is 34.7 Å². The van der Waals surface area contributed by atoms with E-state index in [0.717, 1.165) is 17.2 Å². The van der Waals surface area contributed by atoms with Crippen LogP contribution < -0.4 is 0 Å². The van der Waals surface area contributed by atoms with Crippen molar-refractivity contribution in [3.05, 3.63) is 0 Å². The molecular weight excluding hydrogens is 238 g/mol. The monoisotopic (exact) mass is 261 g/mol. The first-order chi connectivity index (χ1) is 6.76. The highest BCUT2D eigenvalue weighted by Crippen LogP contribution is 2.20. The average molecular weight is 262 g/mol. The number of hydrogen-bond acceptors (Lipinski definition) is 1. The molecule has 14 heavy (non-hydrogen) atoms. The Morgan fingerprint density at radius 2 is 2.14 bits per heavy atom. The number of halogens is 1. The minimum absolute atomic E-state index is 0.799. The van der Waals surface area contributed by atoms with Gasteiger partial charge in [-0.05, 0) is 44.2 Å². The Morgan fingerprint density at radius 1 is 1.36 bits per heavy atom. The molecule has 0 aromatic carbocycles.